The Balaban J connectivity index is 1.59. The molecule has 16 heteroatoms. The van der Waals surface area contributed by atoms with Gasteiger partial charge in [0.25, 0.3) is 0 Å². The number of benzene rings is 2. The van der Waals surface area contributed by atoms with Gasteiger partial charge >= 0.3 is 6.09 Å². The summed E-state index contributed by atoms with van der Waals surface area (Å²) >= 11 is 0. The molecule has 5 N–H and O–H groups in total. The Bertz CT molecular complexity index is 1610. The zero-order valence-corrected chi connectivity index (χ0v) is 28.8. The van der Waals surface area contributed by atoms with Gasteiger partial charge in [0.1, 0.15) is 6.04 Å². The summed E-state index contributed by atoms with van der Waals surface area (Å²) in [5.41, 5.74) is 3.42. The number of morpholine rings is 1. The molecule has 0 saturated carbocycles. The quantitative estimate of drug-likeness (QED) is 0.195. The second-order valence-corrected chi connectivity index (χ2v) is 14.3. The lowest BCUT2D eigenvalue weighted by Crippen LogP contribution is -2.53. The van der Waals surface area contributed by atoms with Gasteiger partial charge in [-0.15, -0.1) is 0 Å². The molecular formula is C34H45N5O10S. The van der Waals surface area contributed by atoms with Crippen molar-refractivity contribution in [2.24, 2.45) is 11.8 Å². The van der Waals surface area contributed by atoms with E-state index in [1.165, 1.54) is 6.07 Å². The van der Waals surface area contributed by atoms with Gasteiger partial charge in [0.05, 0.1) is 43.1 Å². The number of hydrogen-bond acceptors (Lipinski definition) is 10. The first-order valence-electron chi connectivity index (χ1n) is 16.6. The number of carbonyl (C=O) groups is 5. The largest absolute Gasteiger partial charge is 0.450 e. The molecule has 0 bridgehead atoms. The lowest BCUT2D eigenvalue weighted by molar-refractivity contribution is -0.141. The average molecular weight is 716 g/mol. The number of sulfone groups is 1. The third kappa shape index (κ3) is 11.0. The zero-order valence-electron chi connectivity index (χ0n) is 28.0. The number of hydroxylamine groups is 1. The Morgan fingerprint density at radius 1 is 0.940 bits per heavy atom. The number of carbonyl (C=O) groups excluding carboxylic acids is 5. The van der Waals surface area contributed by atoms with E-state index in [2.05, 4.69) is 16.0 Å². The van der Waals surface area contributed by atoms with Crippen molar-refractivity contribution in [3.8, 4) is 11.1 Å². The standard InChI is InChI=1S/C34H45N5O10S/c1-50(46,47)29-10-3-2-7-25(29)24-13-11-23(12-14-24)21-27-26(32(42)38-45)8-6-18-49-34(44)35-15-5-4-9-28(37-31(27)41)33(43)36-22-30(40)39-16-19-48-20-17-39/h2-3,7,10-14,26-28,45H,4-6,8-9,15-22H2,1H3,(H,35,44)(H,36,43)(H,37,41)(H,38,42)/t26-,27+,28-/m0/s1. The molecule has 0 radical (unpaired) electrons. The van der Waals surface area contributed by atoms with Gasteiger partial charge in [0.2, 0.25) is 23.6 Å². The molecule has 3 atom stereocenters. The van der Waals surface area contributed by atoms with E-state index in [-0.39, 0.29) is 56.2 Å². The van der Waals surface area contributed by atoms with Gasteiger partial charge in [0, 0.05) is 31.5 Å². The molecule has 0 aromatic heterocycles. The second-order valence-electron chi connectivity index (χ2n) is 12.3. The maximum absolute atomic E-state index is 14.1. The van der Waals surface area contributed by atoms with E-state index < -0.39 is 51.5 Å². The molecule has 5 amide bonds. The SMILES string of the molecule is CS(=O)(=O)c1ccccc1-c1ccc(C[C@H]2C(=O)N[C@H](C(=O)NCC(=O)N3CCOCC3)CCCCNC(=O)OCCC[C@@H]2C(=O)NO)cc1. The lowest BCUT2D eigenvalue weighted by atomic mass is 9.82. The van der Waals surface area contributed by atoms with E-state index in [9.17, 15) is 37.6 Å². The van der Waals surface area contributed by atoms with Crippen LogP contribution in [-0.4, -0.2) is 107 Å². The van der Waals surface area contributed by atoms with E-state index >= 15 is 0 Å². The van der Waals surface area contributed by atoms with E-state index in [1.807, 2.05) is 0 Å². The topological polar surface area (TPSA) is 210 Å². The lowest BCUT2D eigenvalue weighted by Gasteiger charge is -2.28. The van der Waals surface area contributed by atoms with Crippen molar-refractivity contribution >= 4 is 39.6 Å². The molecule has 4 rings (SSSR count). The normalized spacial score (nSPS) is 21.3. The van der Waals surface area contributed by atoms with Gasteiger partial charge in [-0.3, -0.25) is 24.4 Å². The van der Waals surface area contributed by atoms with Crippen molar-refractivity contribution in [2.45, 2.75) is 49.5 Å². The molecule has 15 nitrogen and oxygen atoms in total. The number of ether oxygens (including phenoxy) is 2. The first-order valence-corrected chi connectivity index (χ1v) is 18.5. The predicted molar refractivity (Wildman–Crippen MR) is 180 cm³/mol. The molecule has 2 aliphatic rings. The summed E-state index contributed by atoms with van der Waals surface area (Å²) < 4.78 is 35.3. The first kappa shape index (κ1) is 38.3. The van der Waals surface area contributed by atoms with Crippen molar-refractivity contribution < 1.29 is 47.1 Å². The fourth-order valence-corrected chi connectivity index (χ4v) is 6.97. The number of nitrogens with one attached hydrogen (secondary N) is 4. The van der Waals surface area contributed by atoms with Crippen molar-refractivity contribution in [2.75, 3.05) is 52.3 Å². The summed E-state index contributed by atoms with van der Waals surface area (Å²) in [6.07, 6.45) is 1.86. The van der Waals surface area contributed by atoms with Crippen LogP contribution in [0.5, 0.6) is 0 Å². The maximum Gasteiger partial charge on any atom is 0.407 e. The number of rotatable bonds is 8. The zero-order chi connectivity index (χ0) is 36.1. The average Bonchev–Trinajstić information content (AvgIpc) is 3.12. The smallest absolute Gasteiger partial charge is 0.407 e. The summed E-state index contributed by atoms with van der Waals surface area (Å²) in [7, 11) is -3.51. The van der Waals surface area contributed by atoms with Crippen LogP contribution in [0, 0.1) is 11.8 Å². The van der Waals surface area contributed by atoms with Gasteiger partial charge in [-0.05, 0) is 55.7 Å². The Morgan fingerprint density at radius 2 is 1.66 bits per heavy atom. The minimum Gasteiger partial charge on any atom is -0.450 e. The molecule has 2 aliphatic heterocycles. The highest BCUT2D eigenvalue weighted by atomic mass is 32.2. The summed E-state index contributed by atoms with van der Waals surface area (Å²) in [5.74, 6) is -4.47. The summed E-state index contributed by atoms with van der Waals surface area (Å²) in [5, 5.41) is 17.7. The molecule has 2 saturated heterocycles. The molecule has 0 spiro atoms. The Kier molecular flexibility index (Phi) is 14.1. The molecule has 2 aromatic rings. The highest BCUT2D eigenvalue weighted by Crippen LogP contribution is 2.29. The van der Waals surface area contributed by atoms with Crippen LogP contribution in [0.1, 0.15) is 37.7 Å². The third-order valence-electron chi connectivity index (χ3n) is 8.77. The van der Waals surface area contributed by atoms with Crippen LogP contribution in [0.15, 0.2) is 53.4 Å². The Labute approximate surface area is 291 Å². The summed E-state index contributed by atoms with van der Waals surface area (Å²) in [6.45, 7) is 1.59. The van der Waals surface area contributed by atoms with E-state index in [1.54, 1.807) is 52.8 Å². The van der Waals surface area contributed by atoms with Gasteiger partial charge in [-0.2, -0.15) is 0 Å². The van der Waals surface area contributed by atoms with Gasteiger partial charge in [-0.25, -0.2) is 18.7 Å². The maximum atomic E-state index is 14.1. The molecule has 0 aliphatic carbocycles. The van der Waals surface area contributed by atoms with E-state index in [0.717, 1.165) is 6.26 Å². The van der Waals surface area contributed by atoms with Crippen LogP contribution >= 0.6 is 0 Å². The van der Waals surface area contributed by atoms with Crippen molar-refractivity contribution in [3.63, 3.8) is 0 Å². The van der Waals surface area contributed by atoms with E-state index in [0.29, 0.717) is 55.8 Å². The highest BCUT2D eigenvalue weighted by Gasteiger charge is 2.36. The predicted octanol–water partition coefficient (Wildman–Crippen LogP) is 1.19. The molecule has 50 heavy (non-hydrogen) atoms. The van der Waals surface area contributed by atoms with Crippen LogP contribution in [0.4, 0.5) is 4.79 Å². The van der Waals surface area contributed by atoms with Crippen LogP contribution in [0.2, 0.25) is 0 Å². The minimum absolute atomic E-state index is 0.0170. The number of amides is 5. The minimum atomic E-state index is -3.51. The second kappa shape index (κ2) is 18.5. The van der Waals surface area contributed by atoms with Crippen molar-refractivity contribution in [1.82, 2.24) is 26.3 Å². The summed E-state index contributed by atoms with van der Waals surface area (Å²) in [6, 6.07) is 12.4. The third-order valence-corrected chi connectivity index (χ3v) is 9.92. The van der Waals surface area contributed by atoms with Crippen molar-refractivity contribution in [1.29, 1.82) is 0 Å². The van der Waals surface area contributed by atoms with Gasteiger partial charge in [0.15, 0.2) is 9.84 Å². The van der Waals surface area contributed by atoms with Crippen LogP contribution in [0.3, 0.4) is 0 Å². The Hall–Kier alpha value is -4.54. The van der Waals surface area contributed by atoms with Crippen LogP contribution in [0.25, 0.3) is 11.1 Å². The molecular weight excluding hydrogens is 670 g/mol. The fourth-order valence-electron chi connectivity index (χ4n) is 6.06. The highest BCUT2D eigenvalue weighted by molar-refractivity contribution is 7.90. The number of hydrogen-bond donors (Lipinski definition) is 5. The monoisotopic (exact) mass is 715 g/mol. The number of cyclic esters (lactones) is 1. The van der Waals surface area contributed by atoms with Crippen molar-refractivity contribution in [3.05, 3.63) is 54.1 Å². The van der Waals surface area contributed by atoms with Gasteiger partial charge < -0.3 is 30.3 Å². The fraction of sp³-hybridized carbons (Fsp3) is 0.500. The molecule has 272 valence electrons. The van der Waals surface area contributed by atoms with Crippen LogP contribution < -0.4 is 21.4 Å². The number of alkyl carbamates (subject to hydrolysis) is 1. The summed E-state index contributed by atoms with van der Waals surface area (Å²) in [4.78, 5) is 67.1. The first-order chi connectivity index (χ1) is 24.0. The molecule has 0 unspecified atom stereocenters. The van der Waals surface area contributed by atoms with Gasteiger partial charge in [-0.1, -0.05) is 42.5 Å². The number of nitrogens with zero attached hydrogens (tertiary/aromatic N) is 1. The molecule has 2 fully saturated rings. The molecule has 2 aromatic carbocycles. The van der Waals surface area contributed by atoms with Crippen LogP contribution in [-0.2, 0) is 44.9 Å². The van der Waals surface area contributed by atoms with E-state index in [4.69, 9.17) is 9.47 Å². The Morgan fingerprint density at radius 3 is 2.36 bits per heavy atom. The molecule has 2 heterocycles.